The predicted octanol–water partition coefficient (Wildman–Crippen LogP) is -0.246. The summed E-state index contributed by atoms with van der Waals surface area (Å²) < 4.78 is 32.5. The van der Waals surface area contributed by atoms with E-state index in [4.69, 9.17) is 15.4 Å². The minimum Gasteiger partial charge on any atom is -0.480 e. The quantitative estimate of drug-likeness (QED) is 0.368. The standard InChI is InChI=1S/C9H11NO7S/c10-8(9(11)12)5-6-2-1-3-7(4-6)16-17-18(13,14)15/h1-4,8H,5,10H2,(H,11,12)(H,13,14,15). The summed E-state index contributed by atoms with van der Waals surface area (Å²) in [4.78, 5) is 14.9. The molecule has 4 N–H and O–H groups in total. The van der Waals surface area contributed by atoms with E-state index in [0.29, 0.717) is 5.56 Å². The first-order valence-corrected chi connectivity index (χ1v) is 6.05. The number of aliphatic carboxylic acids is 1. The molecule has 0 aliphatic carbocycles. The number of carboxylic acids is 1. The van der Waals surface area contributed by atoms with Gasteiger partial charge in [-0.2, -0.15) is 8.42 Å². The minimum atomic E-state index is -4.71. The number of hydrogen-bond donors (Lipinski definition) is 3. The largest absolute Gasteiger partial charge is 0.480 e. The topological polar surface area (TPSA) is 136 Å². The van der Waals surface area contributed by atoms with Crippen LogP contribution >= 0.6 is 0 Å². The second-order valence-electron chi connectivity index (χ2n) is 3.38. The van der Waals surface area contributed by atoms with Crippen molar-refractivity contribution in [2.45, 2.75) is 12.5 Å². The Hall–Kier alpha value is -1.68. The molecule has 0 fully saturated rings. The maximum Gasteiger partial charge on any atom is 0.432 e. The Morgan fingerprint density at radius 3 is 2.67 bits per heavy atom. The van der Waals surface area contributed by atoms with Crippen LogP contribution in [0, 0.1) is 0 Å². The first-order chi connectivity index (χ1) is 8.28. The highest BCUT2D eigenvalue weighted by atomic mass is 32.3. The summed E-state index contributed by atoms with van der Waals surface area (Å²) in [5, 5.41) is 8.63. The third kappa shape index (κ3) is 5.10. The number of carbonyl (C=O) groups is 1. The molecule has 0 bridgehead atoms. The van der Waals surface area contributed by atoms with Crippen molar-refractivity contribution < 1.29 is 32.1 Å². The Morgan fingerprint density at radius 1 is 1.44 bits per heavy atom. The van der Waals surface area contributed by atoms with Crippen molar-refractivity contribution in [2.75, 3.05) is 0 Å². The molecule has 0 aromatic heterocycles. The van der Waals surface area contributed by atoms with Gasteiger partial charge in [-0.05, 0) is 28.5 Å². The van der Waals surface area contributed by atoms with Crippen LogP contribution in [-0.4, -0.2) is 30.1 Å². The van der Waals surface area contributed by atoms with Gasteiger partial charge in [0.25, 0.3) is 0 Å². The van der Waals surface area contributed by atoms with Crippen molar-refractivity contribution in [3.63, 3.8) is 0 Å². The van der Waals surface area contributed by atoms with Gasteiger partial charge >= 0.3 is 16.4 Å². The van der Waals surface area contributed by atoms with Gasteiger partial charge in [-0.3, -0.25) is 9.35 Å². The maximum absolute atomic E-state index is 10.6. The van der Waals surface area contributed by atoms with Crippen LogP contribution in [0.1, 0.15) is 5.56 Å². The van der Waals surface area contributed by atoms with Gasteiger partial charge in [0.2, 0.25) is 0 Å². The van der Waals surface area contributed by atoms with Crippen LogP contribution in [0.3, 0.4) is 0 Å². The number of benzene rings is 1. The van der Waals surface area contributed by atoms with E-state index in [1.807, 2.05) is 0 Å². The highest BCUT2D eigenvalue weighted by Gasteiger charge is 2.13. The Balaban J connectivity index is 2.70. The molecular formula is C9H11NO7S. The lowest BCUT2D eigenvalue weighted by Crippen LogP contribution is -2.32. The Bertz CT molecular complexity index is 527. The summed E-state index contributed by atoms with van der Waals surface area (Å²) in [6, 6.07) is 4.70. The average molecular weight is 277 g/mol. The van der Waals surface area contributed by atoms with Crippen molar-refractivity contribution in [3.8, 4) is 5.75 Å². The molecule has 8 nitrogen and oxygen atoms in total. The van der Waals surface area contributed by atoms with Gasteiger partial charge in [-0.15, -0.1) is 0 Å². The minimum absolute atomic E-state index is 0.0114. The zero-order valence-corrected chi connectivity index (χ0v) is 9.83. The Morgan fingerprint density at radius 2 is 2.11 bits per heavy atom. The van der Waals surface area contributed by atoms with E-state index in [1.54, 1.807) is 6.07 Å². The zero-order valence-electron chi connectivity index (χ0n) is 9.02. The summed E-state index contributed by atoms with van der Waals surface area (Å²) >= 11 is 0. The van der Waals surface area contributed by atoms with Gasteiger partial charge in [-0.25, -0.2) is 0 Å². The second-order valence-corrected chi connectivity index (χ2v) is 4.37. The van der Waals surface area contributed by atoms with Crippen molar-refractivity contribution in [1.82, 2.24) is 0 Å². The van der Waals surface area contributed by atoms with E-state index in [2.05, 4.69) is 9.22 Å². The lowest BCUT2D eigenvalue weighted by atomic mass is 10.1. The van der Waals surface area contributed by atoms with Crippen LogP contribution in [0.2, 0.25) is 0 Å². The normalized spacial score (nSPS) is 13.0. The highest BCUT2D eigenvalue weighted by Crippen LogP contribution is 2.15. The van der Waals surface area contributed by atoms with Crippen molar-refractivity contribution >= 4 is 16.4 Å². The molecule has 9 heteroatoms. The van der Waals surface area contributed by atoms with Gasteiger partial charge in [0.15, 0.2) is 5.75 Å². The fourth-order valence-corrected chi connectivity index (χ4v) is 1.31. The number of hydrogen-bond acceptors (Lipinski definition) is 6. The molecule has 1 rings (SSSR count). The van der Waals surface area contributed by atoms with E-state index < -0.39 is 22.4 Å². The molecule has 100 valence electrons. The zero-order chi connectivity index (χ0) is 13.8. The molecule has 0 aliphatic rings. The van der Waals surface area contributed by atoms with Crippen LogP contribution in [0.25, 0.3) is 0 Å². The molecule has 1 atom stereocenters. The van der Waals surface area contributed by atoms with Gasteiger partial charge in [0.1, 0.15) is 6.04 Å². The first kappa shape index (κ1) is 14.4. The SMILES string of the molecule is NC(Cc1cccc(OOS(=O)(=O)O)c1)C(=O)O. The van der Waals surface area contributed by atoms with Crippen LogP contribution in [0.5, 0.6) is 5.75 Å². The number of carboxylic acid groups (broad SMARTS) is 1. The molecular weight excluding hydrogens is 266 g/mol. The molecule has 0 saturated carbocycles. The van der Waals surface area contributed by atoms with E-state index in [0.717, 1.165) is 0 Å². The van der Waals surface area contributed by atoms with E-state index >= 15 is 0 Å². The number of nitrogens with two attached hydrogens (primary N) is 1. The second kappa shape index (κ2) is 5.78. The lowest BCUT2D eigenvalue weighted by molar-refractivity contribution is -0.138. The lowest BCUT2D eigenvalue weighted by Gasteiger charge is -2.07. The summed E-state index contributed by atoms with van der Waals surface area (Å²) in [6.45, 7) is 0. The van der Waals surface area contributed by atoms with Crippen LogP contribution in [0.15, 0.2) is 24.3 Å². The van der Waals surface area contributed by atoms with Crippen molar-refractivity contribution in [1.29, 1.82) is 0 Å². The predicted molar refractivity (Wildman–Crippen MR) is 59.0 cm³/mol. The van der Waals surface area contributed by atoms with Crippen molar-refractivity contribution in [3.05, 3.63) is 29.8 Å². The van der Waals surface area contributed by atoms with Crippen LogP contribution in [-0.2, 0) is 25.9 Å². The highest BCUT2D eigenvalue weighted by molar-refractivity contribution is 7.80. The van der Waals surface area contributed by atoms with Crippen LogP contribution in [0.4, 0.5) is 0 Å². The van der Waals surface area contributed by atoms with Crippen LogP contribution < -0.4 is 10.6 Å². The maximum atomic E-state index is 10.6. The van der Waals surface area contributed by atoms with Gasteiger partial charge < -0.3 is 15.7 Å². The third-order valence-corrected chi connectivity index (χ3v) is 2.13. The van der Waals surface area contributed by atoms with E-state index in [1.165, 1.54) is 18.2 Å². The Kier molecular flexibility index (Phi) is 4.62. The van der Waals surface area contributed by atoms with Gasteiger partial charge in [-0.1, -0.05) is 12.1 Å². The summed E-state index contributed by atoms with van der Waals surface area (Å²) in [5.41, 5.74) is 5.85. The Labute approximate surface area is 103 Å². The molecule has 0 amide bonds. The monoisotopic (exact) mass is 277 g/mol. The number of rotatable bonds is 6. The molecule has 18 heavy (non-hydrogen) atoms. The molecule has 1 unspecified atom stereocenters. The van der Waals surface area contributed by atoms with E-state index in [-0.39, 0.29) is 12.2 Å². The summed E-state index contributed by atoms with van der Waals surface area (Å²) in [7, 11) is -4.71. The molecule has 1 aromatic rings. The van der Waals surface area contributed by atoms with E-state index in [9.17, 15) is 13.2 Å². The first-order valence-electron chi connectivity index (χ1n) is 4.69. The molecule has 0 radical (unpaired) electrons. The van der Waals surface area contributed by atoms with Crippen molar-refractivity contribution in [2.24, 2.45) is 5.73 Å². The molecule has 1 aromatic carbocycles. The van der Waals surface area contributed by atoms with Gasteiger partial charge in [0, 0.05) is 0 Å². The molecule has 0 heterocycles. The summed E-state index contributed by atoms with van der Waals surface area (Å²) in [6.07, 6.45) is 0.0401. The average Bonchev–Trinajstić information content (AvgIpc) is 2.26. The fraction of sp³-hybridized carbons (Fsp3) is 0.222. The molecule has 0 spiro atoms. The van der Waals surface area contributed by atoms with Gasteiger partial charge in [0.05, 0.1) is 0 Å². The third-order valence-electron chi connectivity index (χ3n) is 1.89. The molecule has 0 aliphatic heterocycles. The molecule has 0 saturated heterocycles. The fourth-order valence-electron chi connectivity index (χ4n) is 1.15. The summed E-state index contributed by atoms with van der Waals surface area (Å²) in [5.74, 6) is -1.17. The smallest absolute Gasteiger partial charge is 0.432 e.